The van der Waals surface area contributed by atoms with Gasteiger partial charge in [-0.2, -0.15) is 5.26 Å². The van der Waals surface area contributed by atoms with Gasteiger partial charge < -0.3 is 9.84 Å². The second kappa shape index (κ2) is 5.42. The monoisotopic (exact) mass is 249 g/mol. The fourth-order valence-electron chi connectivity index (χ4n) is 3.50. The normalized spacial score (nSPS) is 33.3. The molecule has 1 N–H and O–H groups in total. The Morgan fingerprint density at radius 3 is 2.72 bits per heavy atom. The van der Waals surface area contributed by atoms with Crippen LogP contribution in [0.4, 0.5) is 0 Å². The number of hydrogen-bond acceptors (Lipinski definition) is 3. The molecule has 1 aliphatic carbocycles. The van der Waals surface area contributed by atoms with Crippen LogP contribution in [0.1, 0.15) is 39.5 Å². The maximum atomic E-state index is 10.7. The number of nitrogens with zero attached hydrogens (tertiary/aromatic N) is 1. The molecule has 3 unspecified atom stereocenters. The van der Waals surface area contributed by atoms with Gasteiger partial charge in [-0.25, -0.2) is 0 Å². The standard InChI is InChI=1S/C15H23NO2/c1-11-7-12(2)9-13(8-11)14(17)15(10-16)3-5-18-6-4-15/h7,11,13-14,17H,3-6,8-9H2,1-2H3. The smallest absolute Gasteiger partial charge is 0.0878 e. The van der Waals surface area contributed by atoms with Crippen molar-refractivity contribution in [2.75, 3.05) is 13.2 Å². The van der Waals surface area contributed by atoms with Crippen molar-refractivity contribution >= 4 is 0 Å². The zero-order chi connectivity index (χ0) is 13.2. The van der Waals surface area contributed by atoms with E-state index < -0.39 is 11.5 Å². The summed E-state index contributed by atoms with van der Waals surface area (Å²) in [6.07, 6.45) is 5.01. The van der Waals surface area contributed by atoms with Crippen LogP contribution in [0.3, 0.4) is 0 Å². The number of ether oxygens (including phenoxy) is 1. The van der Waals surface area contributed by atoms with E-state index in [0.29, 0.717) is 32.0 Å². The van der Waals surface area contributed by atoms with E-state index in [-0.39, 0.29) is 5.92 Å². The lowest BCUT2D eigenvalue weighted by Gasteiger charge is -2.40. The first kappa shape index (κ1) is 13.6. The predicted molar refractivity (Wildman–Crippen MR) is 69.8 cm³/mol. The zero-order valence-electron chi connectivity index (χ0n) is 11.4. The molecule has 3 atom stereocenters. The number of hydrogen-bond donors (Lipinski definition) is 1. The van der Waals surface area contributed by atoms with Gasteiger partial charge in [0.2, 0.25) is 0 Å². The molecule has 0 amide bonds. The summed E-state index contributed by atoms with van der Waals surface area (Å²) in [5, 5.41) is 20.2. The van der Waals surface area contributed by atoms with E-state index >= 15 is 0 Å². The van der Waals surface area contributed by atoms with E-state index in [9.17, 15) is 10.4 Å². The first-order valence-electron chi connectivity index (χ1n) is 6.92. The molecule has 0 radical (unpaired) electrons. The first-order valence-corrected chi connectivity index (χ1v) is 6.92. The fourth-order valence-corrected chi connectivity index (χ4v) is 3.50. The minimum absolute atomic E-state index is 0.225. The minimum Gasteiger partial charge on any atom is -0.391 e. The van der Waals surface area contributed by atoms with Gasteiger partial charge in [-0.05, 0) is 44.4 Å². The third kappa shape index (κ3) is 2.60. The summed E-state index contributed by atoms with van der Waals surface area (Å²) < 4.78 is 5.33. The summed E-state index contributed by atoms with van der Waals surface area (Å²) in [6.45, 7) is 5.51. The van der Waals surface area contributed by atoms with Crippen molar-refractivity contribution in [3.05, 3.63) is 11.6 Å². The minimum atomic E-state index is -0.583. The Morgan fingerprint density at radius 2 is 2.17 bits per heavy atom. The number of allylic oxidation sites excluding steroid dienone is 2. The summed E-state index contributed by atoms with van der Waals surface area (Å²) in [4.78, 5) is 0. The summed E-state index contributed by atoms with van der Waals surface area (Å²) in [5.74, 6) is 0.733. The second-order valence-electron chi connectivity index (χ2n) is 6.02. The lowest BCUT2D eigenvalue weighted by atomic mass is 9.67. The van der Waals surface area contributed by atoms with Crippen molar-refractivity contribution in [3.8, 4) is 6.07 Å². The van der Waals surface area contributed by atoms with E-state index in [1.54, 1.807) is 0 Å². The highest BCUT2D eigenvalue weighted by Crippen LogP contribution is 2.42. The van der Waals surface area contributed by atoms with E-state index in [1.165, 1.54) is 5.57 Å². The molecule has 0 aromatic rings. The SMILES string of the molecule is CC1=CC(C)CC(C(O)C2(C#N)CCOCC2)C1. The molecule has 0 bridgehead atoms. The quantitative estimate of drug-likeness (QED) is 0.765. The highest BCUT2D eigenvalue weighted by molar-refractivity contribution is 5.12. The van der Waals surface area contributed by atoms with Crippen LogP contribution in [0.5, 0.6) is 0 Å². The molecule has 2 aliphatic rings. The van der Waals surface area contributed by atoms with Gasteiger partial charge in [0.15, 0.2) is 0 Å². The Morgan fingerprint density at radius 1 is 1.50 bits per heavy atom. The molecule has 3 nitrogen and oxygen atoms in total. The zero-order valence-corrected chi connectivity index (χ0v) is 11.4. The van der Waals surface area contributed by atoms with E-state index in [2.05, 4.69) is 26.0 Å². The van der Waals surface area contributed by atoms with Gasteiger partial charge in [0, 0.05) is 13.2 Å². The van der Waals surface area contributed by atoms with Crippen LogP contribution in [-0.2, 0) is 4.74 Å². The lowest BCUT2D eigenvalue weighted by Crippen LogP contribution is -2.44. The van der Waals surface area contributed by atoms with Gasteiger partial charge in [0.25, 0.3) is 0 Å². The first-order chi connectivity index (χ1) is 8.57. The molecule has 0 spiro atoms. The summed E-state index contributed by atoms with van der Waals surface area (Å²) >= 11 is 0. The summed E-state index contributed by atoms with van der Waals surface area (Å²) in [5.41, 5.74) is 0.762. The van der Waals surface area contributed by atoms with Crippen molar-refractivity contribution in [2.24, 2.45) is 17.3 Å². The van der Waals surface area contributed by atoms with Gasteiger partial charge in [0.05, 0.1) is 17.6 Å². The molecular formula is C15H23NO2. The number of nitriles is 1. The molecule has 0 aromatic carbocycles. The van der Waals surface area contributed by atoms with Crippen LogP contribution in [0.2, 0.25) is 0 Å². The summed E-state index contributed by atoms with van der Waals surface area (Å²) in [7, 11) is 0. The van der Waals surface area contributed by atoms with Crippen LogP contribution in [-0.4, -0.2) is 24.4 Å². The van der Waals surface area contributed by atoms with Crippen molar-refractivity contribution in [3.63, 3.8) is 0 Å². The molecule has 3 heteroatoms. The van der Waals surface area contributed by atoms with Gasteiger partial charge in [0.1, 0.15) is 0 Å². The molecule has 1 saturated heterocycles. The summed E-state index contributed by atoms with van der Waals surface area (Å²) in [6, 6.07) is 2.39. The Balaban J connectivity index is 2.12. The molecule has 18 heavy (non-hydrogen) atoms. The van der Waals surface area contributed by atoms with Gasteiger partial charge in [-0.15, -0.1) is 0 Å². The van der Waals surface area contributed by atoms with Crippen molar-refractivity contribution < 1.29 is 9.84 Å². The molecule has 1 heterocycles. The van der Waals surface area contributed by atoms with Crippen molar-refractivity contribution in [1.29, 1.82) is 5.26 Å². The largest absolute Gasteiger partial charge is 0.391 e. The molecule has 2 rings (SSSR count). The Kier molecular flexibility index (Phi) is 4.09. The van der Waals surface area contributed by atoms with Gasteiger partial charge >= 0.3 is 0 Å². The number of rotatable bonds is 2. The molecule has 1 aliphatic heterocycles. The van der Waals surface area contributed by atoms with Crippen LogP contribution < -0.4 is 0 Å². The van der Waals surface area contributed by atoms with Gasteiger partial charge in [-0.3, -0.25) is 0 Å². The molecule has 100 valence electrons. The topological polar surface area (TPSA) is 53.2 Å². The fraction of sp³-hybridized carbons (Fsp3) is 0.800. The van der Waals surface area contributed by atoms with Crippen LogP contribution in [0, 0.1) is 28.6 Å². The Hall–Kier alpha value is -0.850. The number of aliphatic hydroxyl groups excluding tert-OH is 1. The van der Waals surface area contributed by atoms with Crippen molar-refractivity contribution in [1.82, 2.24) is 0 Å². The van der Waals surface area contributed by atoms with E-state index in [0.717, 1.165) is 12.8 Å². The van der Waals surface area contributed by atoms with Crippen molar-refractivity contribution in [2.45, 2.75) is 45.6 Å². The van der Waals surface area contributed by atoms with E-state index in [1.807, 2.05) is 0 Å². The maximum absolute atomic E-state index is 10.7. The highest BCUT2D eigenvalue weighted by atomic mass is 16.5. The third-order valence-electron chi connectivity index (χ3n) is 4.45. The predicted octanol–water partition coefficient (Wildman–Crippen LogP) is 2.66. The maximum Gasteiger partial charge on any atom is 0.0878 e. The van der Waals surface area contributed by atoms with E-state index in [4.69, 9.17) is 4.74 Å². The van der Waals surface area contributed by atoms with Crippen LogP contribution in [0.15, 0.2) is 11.6 Å². The highest BCUT2D eigenvalue weighted by Gasteiger charge is 2.44. The van der Waals surface area contributed by atoms with Crippen LogP contribution >= 0.6 is 0 Å². The number of aliphatic hydroxyl groups is 1. The molecule has 1 fully saturated rings. The molecular weight excluding hydrogens is 226 g/mol. The van der Waals surface area contributed by atoms with Gasteiger partial charge in [-0.1, -0.05) is 18.6 Å². The Bertz CT molecular complexity index is 363. The molecule has 0 aromatic heterocycles. The molecule has 0 saturated carbocycles. The lowest BCUT2D eigenvalue weighted by molar-refractivity contribution is -0.0585. The second-order valence-corrected chi connectivity index (χ2v) is 6.02. The average molecular weight is 249 g/mol. The average Bonchev–Trinajstić information content (AvgIpc) is 2.37. The third-order valence-corrected chi connectivity index (χ3v) is 4.45. The van der Waals surface area contributed by atoms with Crippen LogP contribution in [0.25, 0.3) is 0 Å². The Labute approximate surface area is 109 Å².